The summed E-state index contributed by atoms with van der Waals surface area (Å²) in [5.74, 6) is 0. The zero-order valence-corrected chi connectivity index (χ0v) is 5.91. The smallest absolute Gasteiger partial charge is 0.0446 e. The Labute approximate surface area is 56.0 Å². The second-order valence-corrected chi connectivity index (χ2v) is 1.50. The molecule has 0 heterocycles. The summed E-state index contributed by atoms with van der Waals surface area (Å²) in [5, 5.41) is 0. The highest BCUT2D eigenvalue weighted by atomic mass is 14.7. The lowest BCUT2D eigenvalue weighted by Crippen LogP contribution is -1.70. The Hall–Kier alpha value is -0.920. The molecule has 0 aliphatic carbocycles. The Kier molecular flexibility index (Phi) is 6.36. The molecule has 2 nitrogen and oxygen atoms in total. The molecule has 0 atom stereocenters. The molecule has 9 heavy (non-hydrogen) atoms. The maximum Gasteiger partial charge on any atom is 0.0446 e. The van der Waals surface area contributed by atoms with E-state index in [0.717, 1.165) is 6.42 Å². The molecule has 0 aliphatic heterocycles. The third-order valence-corrected chi connectivity index (χ3v) is 0.729. The van der Waals surface area contributed by atoms with Crippen LogP contribution in [0.4, 0.5) is 0 Å². The predicted molar refractivity (Wildman–Crippen MR) is 42.3 cm³/mol. The van der Waals surface area contributed by atoms with Gasteiger partial charge in [0.15, 0.2) is 0 Å². The number of allylic oxidation sites excluding steroid dienone is 1. The molecule has 0 aromatic heterocycles. The summed E-state index contributed by atoms with van der Waals surface area (Å²) in [4.78, 5) is 7.62. The number of nitrogens with zero attached hydrogens (tertiary/aromatic N) is 2. The average molecular weight is 124 g/mol. The summed E-state index contributed by atoms with van der Waals surface area (Å²) in [7, 11) is 1.72. The molecule has 0 aromatic carbocycles. The van der Waals surface area contributed by atoms with Crippen molar-refractivity contribution in [2.24, 2.45) is 9.98 Å². The molecule has 0 saturated carbocycles. The SMILES string of the molecule is CC/C=C/N=CC=NC. The molecule has 0 N–H and O–H groups in total. The minimum Gasteiger partial charge on any atom is -0.295 e. The van der Waals surface area contributed by atoms with E-state index in [1.165, 1.54) is 0 Å². The first kappa shape index (κ1) is 8.08. The molecule has 0 aromatic rings. The molecular formula is C7H12N2. The second-order valence-electron chi connectivity index (χ2n) is 1.50. The van der Waals surface area contributed by atoms with Crippen LogP contribution < -0.4 is 0 Å². The first-order chi connectivity index (χ1) is 4.41. The van der Waals surface area contributed by atoms with Crippen molar-refractivity contribution in [2.45, 2.75) is 13.3 Å². The fourth-order valence-electron chi connectivity index (χ4n) is 0.321. The van der Waals surface area contributed by atoms with Gasteiger partial charge in [0, 0.05) is 25.7 Å². The molecule has 50 valence electrons. The van der Waals surface area contributed by atoms with E-state index < -0.39 is 0 Å². The van der Waals surface area contributed by atoms with Gasteiger partial charge in [-0.05, 0) is 6.42 Å². The number of aliphatic imine (C=N–C) groups is 2. The second kappa shape index (κ2) is 7.08. The highest BCUT2D eigenvalue weighted by molar-refractivity contribution is 6.16. The van der Waals surface area contributed by atoms with Gasteiger partial charge in [-0.25, -0.2) is 0 Å². The lowest BCUT2D eigenvalue weighted by molar-refractivity contribution is 1.21. The van der Waals surface area contributed by atoms with E-state index >= 15 is 0 Å². The van der Waals surface area contributed by atoms with Crippen LogP contribution in [0.1, 0.15) is 13.3 Å². The van der Waals surface area contributed by atoms with Gasteiger partial charge >= 0.3 is 0 Å². The first-order valence-corrected chi connectivity index (χ1v) is 3.00. The Bertz CT molecular complexity index is 123. The summed E-state index contributed by atoms with van der Waals surface area (Å²) in [6.07, 6.45) is 8.09. The van der Waals surface area contributed by atoms with Crippen LogP contribution in [0.25, 0.3) is 0 Å². The zero-order chi connectivity index (χ0) is 6.95. The van der Waals surface area contributed by atoms with Gasteiger partial charge in [-0.15, -0.1) is 0 Å². The third kappa shape index (κ3) is 7.08. The van der Waals surface area contributed by atoms with Crippen molar-refractivity contribution in [1.82, 2.24) is 0 Å². The summed E-state index contributed by atoms with van der Waals surface area (Å²) in [6.45, 7) is 2.07. The van der Waals surface area contributed by atoms with Gasteiger partial charge in [-0.1, -0.05) is 13.0 Å². The number of rotatable bonds is 3. The van der Waals surface area contributed by atoms with Crippen LogP contribution in [0.5, 0.6) is 0 Å². The standard InChI is InChI=1S/C7H12N2/c1-3-4-5-9-7-6-8-2/h4-7H,3H2,1-2H3/b5-4+,8-6?,9-7?. The molecule has 0 amide bonds. The highest BCUT2D eigenvalue weighted by Crippen LogP contribution is 1.77. The van der Waals surface area contributed by atoms with Crippen LogP contribution in [-0.2, 0) is 0 Å². The molecule has 0 unspecified atom stereocenters. The van der Waals surface area contributed by atoms with Crippen LogP contribution in [0.15, 0.2) is 22.3 Å². The third-order valence-electron chi connectivity index (χ3n) is 0.729. The topological polar surface area (TPSA) is 24.7 Å². The van der Waals surface area contributed by atoms with Crippen LogP contribution in [0.3, 0.4) is 0 Å². The van der Waals surface area contributed by atoms with Gasteiger partial charge in [0.2, 0.25) is 0 Å². The van der Waals surface area contributed by atoms with Gasteiger partial charge in [-0.2, -0.15) is 0 Å². The van der Waals surface area contributed by atoms with Crippen molar-refractivity contribution < 1.29 is 0 Å². The van der Waals surface area contributed by atoms with Gasteiger partial charge in [0.05, 0.1) is 0 Å². The molecule has 2 heteroatoms. The minimum absolute atomic E-state index is 1.03. The monoisotopic (exact) mass is 124 g/mol. The molecule has 0 aliphatic rings. The molecular weight excluding hydrogens is 112 g/mol. The largest absolute Gasteiger partial charge is 0.295 e. The molecule has 0 fully saturated rings. The maximum absolute atomic E-state index is 3.90. The fourth-order valence-corrected chi connectivity index (χ4v) is 0.321. The normalized spacial score (nSPS) is 12.7. The van der Waals surface area contributed by atoms with Crippen molar-refractivity contribution in [3.63, 3.8) is 0 Å². The van der Waals surface area contributed by atoms with E-state index in [4.69, 9.17) is 0 Å². The van der Waals surface area contributed by atoms with Gasteiger partial charge in [-0.3, -0.25) is 9.98 Å². The summed E-state index contributed by atoms with van der Waals surface area (Å²) in [5.41, 5.74) is 0. The quantitative estimate of drug-likeness (QED) is 0.511. The predicted octanol–water partition coefficient (Wildman–Crippen LogP) is 1.68. The van der Waals surface area contributed by atoms with Crippen LogP contribution in [-0.4, -0.2) is 19.5 Å². The van der Waals surface area contributed by atoms with E-state index in [9.17, 15) is 0 Å². The van der Waals surface area contributed by atoms with Crippen molar-refractivity contribution in [3.05, 3.63) is 12.3 Å². The fraction of sp³-hybridized carbons (Fsp3) is 0.429. The highest BCUT2D eigenvalue weighted by Gasteiger charge is 1.61. The average Bonchev–Trinajstić information content (AvgIpc) is 1.89. The van der Waals surface area contributed by atoms with Crippen molar-refractivity contribution in [3.8, 4) is 0 Å². The van der Waals surface area contributed by atoms with E-state index in [2.05, 4.69) is 16.9 Å². The number of hydrogen-bond acceptors (Lipinski definition) is 2. The molecule has 0 bridgehead atoms. The summed E-state index contributed by atoms with van der Waals surface area (Å²) < 4.78 is 0. The van der Waals surface area contributed by atoms with E-state index in [-0.39, 0.29) is 0 Å². The molecule has 0 rings (SSSR count). The number of hydrogen-bond donors (Lipinski definition) is 0. The van der Waals surface area contributed by atoms with Gasteiger partial charge < -0.3 is 0 Å². The van der Waals surface area contributed by atoms with E-state index in [0.29, 0.717) is 0 Å². The van der Waals surface area contributed by atoms with Crippen LogP contribution in [0, 0.1) is 0 Å². The summed E-state index contributed by atoms with van der Waals surface area (Å²) in [6, 6.07) is 0. The molecule has 0 spiro atoms. The Morgan fingerprint density at radius 1 is 1.33 bits per heavy atom. The van der Waals surface area contributed by atoms with Crippen molar-refractivity contribution >= 4 is 12.4 Å². The van der Waals surface area contributed by atoms with E-state index in [1.54, 1.807) is 25.7 Å². The Morgan fingerprint density at radius 2 is 2.11 bits per heavy atom. The molecule has 0 saturated heterocycles. The Morgan fingerprint density at radius 3 is 2.67 bits per heavy atom. The first-order valence-electron chi connectivity index (χ1n) is 3.00. The molecule has 0 radical (unpaired) electrons. The van der Waals surface area contributed by atoms with Crippen LogP contribution in [0.2, 0.25) is 0 Å². The minimum atomic E-state index is 1.03. The zero-order valence-electron chi connectivity index (χ0n) is 5.91. The van der Waals surface area contributed by atoms with Gasteiger partial charge in [0.1, 0.15) is 0 Å². The lowest BCUT2D eigenvalue weighted by Gasteiger charge is -1.73. The Balaban J connectivity index is 3.35. The lowest BCUT2D eigenvalue weighted by atomic mass is 10.5. The van der Waals surface area contributed by atoms with Gasteiger partial charge in [0.25, 0.3) is 0 Å². The van der Waals surface area contributed by atoms with Crippen LogP contribution >= 0.6 is 0 Å². The van der Waals surface area contributed by atoms with E-state index in [1.807, 2.05) is 6.08 Å². The van der Waals surface area contributed by atoms with Crippen molar-refractivity contribution in [1.29, 1.82) is 0 Å². The summed E-state index contributed by atoms with van der Waals surface area (Å²) >= 11 is 0. The maximum atomic E-state index is 3.90. The van der Waals surface area contributed by atoms with Crippen molar-refractivity contribution in [2.75, 3.05) is 7.05 Å².